The molecule has 18 heavy (non-hydrogen) atoms. The highest BCUT2D eigenvalue weighted by molar-refractivity contribution is 9.09. The summed E-state index contributed by atoms with van der Waals surface area (Å²) in [7, 11) is 1.76. The zero-order valence-electron chi connectivity index (χ0n) is 10.9. The number of hydrogen-bond acceptors (Lipinski definition) is 1. The van der Waals surface area contributed by atoms with Gasteiger partial charge in [-0.3, -0.25) is 0 Å². The molecule has 2 aliphatic rings. The van der Waals surface area contributed by atoms with Crippen LogP contribution in [0, 0.1) is 17.8 Å². The van der Waals surface area contributed by atoms with E-state index < -0.39 is 0 Å². The van der Waals surface area contributed by atoms with Gasteiger partial charge in [0.1, 0.15) is 0 Å². The first-order valence-corrected chi connectivity index (χ1v) is 7.94. The number of hydrogen-bond donors (Lipinski definition) is 0. The summed E-state index contributed by atoms with van der Waals surface area (Å²) in [5.41, 5.74) is 2.83. The van der Waals surface area contributed by atoms with Crippen molar-refractivity contribution in [2.24, 2.45) is 17.8 Å². The Bertz CT molecular complexity index is 390. The van der Waals surface area contributed by atoms with Gasteiger partial charge < -0.3 is 4.74 Å². The molecule has 0 saturated heterocycles. The van der Waals surface area contributed by atoms with E-state index in [9.17, 15) is 0 Å². The van der Waals surface area contributed by atoms with Crippen molar-refractivity contribution >= 4 is 15.9 Å². The number of methoxy groups -OCH3 is 1. The highest BCUT2D eigenvalue weighted by Gasteiger charge is 2.55. The third-order valence-corrected chi connectivity index (χ3v) is 5.84. The van der Waals surface area contributed by atoms with Crippen LogP contribution in [0.5, 0.6) is 0 Å². The van der Waals surface area contributed by atoms with Crippen LogP contribution in [-0.2, 0) is 11.2 Å². The van der Waals surface area contributed by atoms with Crippen LogP contribution >= 0.6 is 15.9 Å². The first-order chi connectivity index (χ1) is 8.81. The molecule has 1 nitrogen and oxygen atoms in total. The summed E-state index contributed by atoms with van der Waals surface area (Å²) in [6, 6.07) is 9.08. The predicted molar refractivity (Wildman–Crippen MR) is 78.0 cm³/mol. The lowest BCUT2D eigenvalue weighted by atomic mass is 10.0. The summed E-state index contributed by atoms with van der Waals surface area (Å²) in [4.78, 5) is 0.573. The van der Waals surface area contributed by atoms with E-state index in [1.54, 1.807) is 7.11 Å². The monoisotopic (exact) mass is 308 g/mol. The number of rotatable bonds is 5. The van der Waals surface area contributed by atoms with Gasteiger partial charge in [0.15, 0.2) is 0 Å². The average Bonchev–Trinajstić information content (AvgIpc) is 2.88. The summed E-state index contributed by atoms with van der Waals surface area (Å²) in [6.45, 7) is 0.809. The van der Waals surface area contributed by atoms with Crippen molar-refractivity contribution in [1.82, 2.24) is 0 Å². The van der Waals surface area contributed by atoms with Crippen molar-refractivity contribution in [3.63, 3.8) is 0 Å². The topological polar surface area (TPSA) is 9.23 Å². The number of alkyl halides is 1. The fourth-order valence-electron chi connectivity index (χ4n) is 3.62. The molecule has 1 aromatic carbocycles. The molecule has 3 unspecified atom stereocenters. The van der Waals surface area contributed by atoms with Gasteiger partial charge in [-0.2, -0.15) is 0 Å². The fourth-order valence-corrected chi connectivity index (χ4v) is 4.71. The Morgan fingerprint density at radius 2 is 1.89 bits per heavy atom. The fraction of sp³-hybridized carbons (Fsp3) is 0.625. The van der Waals surface area contributed by atoms with Crippen molar-refractivity contribution in [3.05, 3.63) is 35.4 Å². The first kappa shape index (κ1) is 12.7. The van der Waals surface area contributed by atoms with Gasteiger partial charge in [-0.05, 0) is 48.1 Å². The van der Waals surface area contributed by atoms with Crippen molar-refractivity contribution in [3.8, 4) is 0 Å². The lowest BCUT2D eigenvalue weighted by Gasteiger charge is -2.13. The smallest absolute Gasteiger partial charge is 0.0502 e. The zero-order chi connectivity index (χ0) is 12.5. The third kappa shape index (κ3) is 2.37. The molecule has 2 aliphatic carbocycles. The molecule has 1 aromatic rings. The number of ether oxygens (including phenoxy) is 1. The first-order valence-electron chi connectivity index (χ1n) is 7.03. The van der Waals surface area contributed by atoms with E-state index in [2.05, 4.69) is 40.2 Å². The van der Waals surface area contributed by atoms with Crippen molar-refractivity contribution < 1.29 is 4.74 Å². The number of halogens is 1. The van der Waals surface area contributed by atoms with Crippen LogP contribution in [0.2, 0.25) is 0 Å². The van der Waals surface area contributed by atoms with Gasteiger partial charge in [-0.1, -0.05) is 46.6 Å². The van der Waals surface area contributed by atoms with E-state index in [1.807, 2.05) is 0 Å². The molecule has 0 heterocycles. The quantitative estimate of drug-likeness (QED) is 0.734. The summed E-state index contributed by atoms with van der Waals surface area (Å²) < 4.78 is 5.11. The highest BCUT2D eigenvalue weighted by atomic mass is 79.9. The standard InChI is InChI=1S/C16H21BrO/c1-18-10-9-11-5-7-12(8-6-11)16(17)15-13-3-2-4-14(13)15/h5-8,13-16H,2-4,9-10H2,1H3. The second kappa shape index (κ2) is 5.34. The second-order valence-electron chi connectivity index (χ2n) is 5.72. The maximum Gasteiger partial charge on any atom is 0.0502 e. The van der Waals surface area contributed by atoms with Gasteiger partial charge in [-0.15, -0.1) is 0 Å². The minimum Gasteiger partial charge on any atom is -0.384 e. The Hall–Kier alpha value is -0.340. The Kier molecular flexibility index (Phi) is 3.76. The SMILES string of the molecule is COCCc1ccc(C(Br)C2C3CCCC32)cc1. The minimum atomic E-state index is 0.573. The highest BCUT2D eigenvalue weighted by Crippen LogP contribution is 2.64. The average molecular weight is 309 g/mol. The summed E-state index contributed by atoms with van der Waals surface area (Å²) in [6.07, 6.45) is 5.40. The van der Waals surface area contributed by atoms with E-state index in [1.165, 1.54) is 30.4 Å². The largest absolute Gasteiger partial charge is 0.384 e. The van der Waals surface area contributed by atoms with Gasteiger partial charge in [0.25, 0.3) is 0 Å². The summed E-state index contributed by atoms with van der Waals surface area (Å²) >= 11 is 3.92. The Labute approximate surface area is 118 Å². The Morgan fingerprint density at radius 3 is 2.50 bits per heavy atom. The van der Waals surface area contributed by atoms with Crippen molar-refractivity contribution in [2.45, 2.75) is 30.5 Å². The van der Waals surface area contributed by atoms with E-state index in [0.29, 0.717) is 4.83 Å². The summed E-state index contributed by atoms with van der Waals surface area (Å²) in [5, 5.41) is 0. The molecule has 3 atom stereocenters. The van der Waals surface area contributed by atoms with Gasteiger partial charge in [-0.25, -0.2) is 0 Å². The van der Waals surface area contributed by atoms with Crippen LogP contribution < -0.4 is 0 Å². The third-order valence-electron chi connectivity index (χ3n) is 4.70. The molecule has 2 fully saturated rings. The maximum absolute atomic E-state index is 5.11. The molecule has 0 amide bonds. The van der Waals surface area contributed by atoms with Crippen molar-refractivity contribution in [2.75, 3.05) is 13.7 Å². The lowest BCUT2D eigenvalue weighted by molar-refractivity contribution is 0.202. The zero-order valence-corrected chi connectivity index (χ0v) is 12.5. The molecule has 0 aromatic heterocycles. The molecule has 0 aliphatic heterocycles. The number of fused-ring (bicyclic) bond motifs is 1. The molecular weight excluding hydrogens is 288 g/mol. The van der Waals surface area contributed by atoms with E-state index in [4.69, 9.17) is 4.74 Å². The van der Waals surface area contributed by atoms with Gasteiger partial charge in [0.2, 0.25) is 0 Å². The molecule has 0 bridgehead atoms. The van der Waals surface area contributed by atoms with Crippen LogP contribution in [-0.4, -0.2) is 13.7 Å². The summed E-state index contributed by atoms with van der Waals surface area (Å²) in [5.74, 6) is 2.94. The van der Waals surface area contributed by atoms with Crippen LogP contribution in [0.1, 0.15) is 35.2 Å². The van der Waals surface area contributed by atoms with Crippen LogP contribution in [0.15, 0.2) is 24.3 Å². The molecule has 0 radical (unpaired) electrons. The molecule has 0 N–H and O–H groups in total. The minimum absolute atomic E-state index is 0.573. The van der Waals surface area contributed by atoms with Gasteiger partial charge >= 0.3 is 0 Å². The van der Waals surface area contributed by atoms with E-state index in [-0.39, 0.29) is 0 Å². The lowest BCUT2D eigenvalue weighted by Crippen LogP contribution is -1.99. The van der Waals surface area contributed by atoms with E-state index >= 15 is 0 Å². The van der Waals surface area contributed by atoms with E-state index in [0.717, 1.165) is 30.8 Å². The van der Waals surface area contributed by atoms with Gasteiger partial charge in [0, 0.05) is 11.9 Å². The van der Waals surface area contributed by atoms with Crippen LogP contribution in [0.25, 0.3) is 0 Å². The predicted octanol–water partition coefficient (Wildman–Crippen LogP) is 4.36. The Morgan fingerprint density at radius 1 is 1.22 bits per heavy atom. The molecule has 2 saturated carbocycles. The van der Waals surface area contributed by atoms with Crippen molar-refractivity contribution in [1.29, 1.82) is 0 Å². The molecule has 2 heteroatoms. The normalized spacial score (nSPS) is 31.1. The molecule has 98 valence electrons. The molecule has 0 spiro atoms. The Balaban J connectivity index is 1.62. The number of benzene rings is 1. The molecular formula is C16H21BrO. The van der Waals surface area contributed by atoms with Gasteiger partial charge in [0.05, 0.1) is 6.61 Å². The van der Waals surface area contributed by atoms with Crippen LogP contribution in [0.3, 0.4) is 0 Å². The molecule has 3 rings (SSSR count). The van der Waals surface area contributed by atoms with Crippen LogP contribution in [0.4, 0.5) is 0 Å². The maximum atomic E-state index is 5.11. The second-order valence-corrected chi connectivity index (χ2v) is 6.71.